The molecule has 0 bridgehead atoms. The average molecular weight is 262 g/mol. The highest BCUT2D eigenvalue weighted by molar-refractivity contribution is 5.71. The summed E-state index contributed by atoms with van der Waals surface area (Å²) in [5, 5.41) is 9.62. The minimum Gasteiger partial charge on any atom is -0.508 e. The Labute approximate surface area is 119 Å². The standard InChI is InChI=1S/C16H24O.C2H6/c1-5-6-7-8-15(12(2)3)16-11-14(17)10-9-13(16)4;1-2/h9-11,17H,5-8H2,1-4H3;1-2H3. The van der Waals surface area contributed by atoms with Gasteiger partial charge in [0.25, 0.3) is 0 Å². The van der Waals surface area contributed by atoms with Gasteiger partial charge in [0.15, 0.2) is 0 Å². The summed E-state index contributed by atoms with van der Waals surface area (Å²) >= 11 is 0. The Morgan fingerprint density at radius 2 is 1.74 bits per heavy atom. The predicted octanol–water partition coefficient (Wildman–Crippen LogP) is 6.10. The lowest BCUT2D eigenvalue weighted by atomic mass is 9.92. The smallest absolute Gasteiger partial charge is 0.116 e. The van der Waals surface area contributed by atoms with Crippen LogP contribution in [-0.4, -0.2) is 5.11 Å². The molecule has 0 unspecified atom stereocenters. The van der Waals surface area contributed by atoms with Crippen LogP contribution in [0.15, 0.2) is 23.8 Å². The van der Waals surface area contributed by atoms with Gasteiger partial charge in [-0.2, -0.15) is 0 Å². The fourth-order valence-electron chi connectivity index (χ4n) is 2.14. The summed E-state index contributed by atoms with van der Waals surface area (Å²) in [6, 6.07) is 5.64. The number of hydrogen-bond donors (Lipinski definition) is 1. The van der Waals surface area contributed by atoms with E-state index in [-0.39, 0.29) is 0 Å². The van der Waals surface area contributed by atoms with Crippen LogP contribution in [0.2, 0.25) is 0 Å². The van der Waals surface area contributed by atoms with E-state index in [4.69, 9.17) is 0 Å². The van der Waals surface area contributed by atoms with E-state index in [9.17, 15) is 5.11 Å². The van der Waals surface area contributed by atoms with Crippen molar-refractivity contribution in [3.05, 3.63) is 34.9 Å². The number of unbranched alkanes of at least 4 members (excludes halogenated alkanes) is 2. The zero-order chi connectivity index (χ0) is 14.8. The molecule has 108 valence electrons. The molecule has 1 aromatic carbocycles. The lowest BCUT2D eigenvalue weighted by Gasteiger charge is -2.13. The second-order valence-electron chi connectivity index (χ2n) is 4.93. The monoisotopic (exact) mass is 262 g/mol. The zero-order valence-corrected chi connectivity index (χ0v) is 13.5. The maximum atomic E-state index is 9.62. The molecule has 1 N–H and O–H groups in total. The molecule has 0 atom stereocenters. The van der Waals surface area contributed by atoms with Crippen LogP contribution >= 0.6 is 0 Å². The Hall–Kier alpha value is -1.24. The summed E-state index contributed by atoms with van der Waals surface area (Å²) in [6.07, 6.45) is 4.86. The van der Waals surface area contributed by atoms with E-state index < -0.39 is 0 Å². The molecule has 0 spiro atoms. The first-order valence-corrected chi connectivity index (χ1v) is 7.52. The fourth-order valence-corrected chi connectivity index (χ4v) is 2.14. The van der Waals surface area contributed by atoms with Crippen LogP contribution in [0.25, 0.3) is 5.57 Å². The van der Waals surface area contributed by atoms with Gasteiger partial charge in [-0.05, 0) is 62.4 Å². The Kier molecular flexibility index (Phi) is 9.03. The van der Waals surface area contributed by atoms with Crippen LogP contribution in [0, 0.1) is 6.92 Å². The van der Waals surface area contributed by atoms with Gasteiger partial charge in [0, 0.05) is 0 Å². The first-order chi connectivity index (χ1) is 9.06. The molecule has 0 radical (unpaired) electrons. The van der Waals surface area contributed by atoms with Crippen molar-refractivity contribution in [1.29, 1.82) is 0 Å². The summed E-state index contributed by atoms with van der Waals surface area (Å²) in [5.74, 6) is 0.361. The number of phenolic OH excluding ortho intramolecular Hbond substituents is 1. The molecule has 19 heavy (non-hydrogen) atoms. The third-order valence-corrected chi connectivity index (χ3v) is 3.18. The van der Waals surface area contributed by atoms with Crippen LogP contribution in [0.4, 0.5) is 0 Å². The molecule has 0 heterocycles. The van der Waals surface area contributed by atoms with Gasteiger partial charge < -0.3 is 5.11 Å². The topological polar surface area (TPSA) is 20.2 Å². The van der Waals surface area contributed by atoms with E-state index in [1.807, 2.05) is 26.0 Å². The molecule has 0 aliphatic carbocycles. The van der Waals surface area contributed by atoms with Crippen molar-refractivity contribution < 1.29 is 5.11 Å². The first-order valence-electron chi connectivity index (χ1n) is 7.52. The summed E-state index contributed by atoms with van der Waals surface area (Å²) in [5.41, 5.74) is 5.21. The number of aromatic hydroxyl groups is 1. The Morgan fingerprint density at radius 3 is 2.26 bits per heavy atom. The molecule has 0 amide bonds. The summed E-state index contributed by atoms with van der Waals surface area (Å²) < 4.78 is 0. The minimum atomic E-state index is 0.361. The molecule has 0 fully saturated rings. The molecule has 1 rings (SSSR count). The van der Waals surface area contributed by atoms with Crippen molar-refractivity contribution in [3.8, 4) is 5.75 Å². The lowest BCUT2D eigenvalue weighted by Crippen LogP contribution is -1.92. The molecule has 1 aromatic rings. The first kappa shape index (κ1) is 17.8. The zero-order valence-electron chi connectivity index (χ0n) is 13.5. The molecule has 0 aliphatic rings. The van der Waals surface area contributed by atoms with Gasteiger partial charge in [0.05, 0.1) is 0 Å². The molecule has 1 heteroatoms. The molecule has 1 nitrogen and oxygen atoms in total. The van der Waals surface area contributed by atoms with Gasteiger partial charge in [-0.1, -0.05) is 45.3 Å². The van der Waals surface area contributed by atoms with E-state index >= 15 is 0 Å². The molecular weight excluding hydrogens is 232 g/mol. The van der Waals surface area contributed by atoms with Gasteiger partial charge in [-0.3, -0.25) is 0 Å². The van der Waals surface area contributed by atoms with Crippen LogP contribution in [-0.2, 0) is 0 Å². The molecule has 0 aliphatic heterocycles. The van der Waals surface area contributed by atoms with Crippen LogP contribution in [0.5, 0.6) is 5.75 Å². The largest absolute Gasteiger partial charge is 0.508 e. The van der Waals surface area contributed by atoms with Crippen molar-refractivity contribution in [1.82, 2.24) is 0 Å². The highest BCUT2D eigenvalue weighted by Crippen LogP contribution is 2.29. The van der Waals surface area contributed by atoms with Crippen molar-refractivity contribution in [3.63, 3.8) is 0 Å². The number of allylic oxidation sites excluding steroid dienone is 2. The predicted molar refractivity (Wildman–Crippen MR) is 86.6 cm³/mol. The minimum absolute atomic E-state index is 0.361. The van der Waals surface area contributed by atoms with E-state index in [0.29, 0.717) is 5.75 Å². The van der Waals surface area contributed by atoms with Gasteiger partial charge >= 0.3 is 0 Å². The summed E-state index contributed by atoms with van der Waals surface area (Å²) in [4.78, 5) is 0. The second-order valence-corrected chi connectivity index (χ2v) is 4.93. The SMILES string of the molecule is CC.CCCCCC(=C(C)C)c1cc(O)ccc1C. The van der Waals surface area contributed by atoms with Gasteiger partial charge in [0.2, 0.25) is 0 Å². The number of rotatable bonds is 5. The number of phenols is 1. The van der Waals surface area contributed by atoms with Gasteiger partial charge in [-0.25, -0.2) is 0 Å². The number of hydrogen-bond acceptors (Lipinski definition) is 1. The lowest BCUT2D eigenvalue weighted by molar-refractivity contribution is 0.475. The third-order valence-electron chi connectivity index (χ3n) is 3.18. The third kappa shape index (κ3) is 5.96. The Balaban J connectivity index is 0.00000154. The normalized spacial score (nSPS) is 9.58. The van der Waals surface area contributed by atoms with Crippen LogP contribution in [0.1, 0.15) is 71.4 Å². The van der Waals surface area contributed by atoms with E-state index in [2.05, 4.69) is 27.7 Å². The molecular formula is C18H30O. The highest BCUT2D eigenvalue weighted by Gasteiger charge is 2.07. The van der Waals surface area contributed by atoms with E-state index in [1.54, 1.807) is 6.07 Å². The van der Waals surface area contributed by atoms with Crippen molar-refractivity contribution >= 4 is 5.57 Å². The van der Waals surface area contributed by atoms with Crippen LogP contribution in [0.3, 0.4) is 0 Å². The number of benzene rings is 1. The van der Waals surface area contributed by atoms with Crippen molar-refractivity contribution in [2.24, 2.45) is 0 Å². The van der Waals surface area contributed by atoms with Crippen LogP contribution < -0.4 is 0 Å². The quantitative estimate of drug-likeness (QED) is 0.635. The maximum absolute atomic E-state index is 9.62. The highest BCUT2D eigenvalue weighted by atomic mass is 16.3. The Bertz CT molecular complexity index is 398. The Morgan fingerprint density at radius 1 is 1.11 bits per heavy atom. The van der Waals surface area contributed by atoms with Crippen molar-refractivity contribution in [2.75, 3.05) is 0 Å². The number of aryl methyl sites for hydroxylation is 1. The summed E-state index contributed by atoms with van der Waals surface area (Å²) in [6.45, 7) is 12.6. The maximum Gasteiger partial charge on any atom is 0.116 e. The van der Waals surface area contributed by atoms with Gasteiger partial charge in [0.1, 0.15) is 5.75 Å². The molecule has 0 aromatic heterocycles. The summed E-state index contributed by atoms with van der Waals surface area (Å²) in [7, 11) is 0. The van der Waals surface area contributed by atoms with Crippen molar-refractivity contribution in [2.45, 2.75) is 67.2 Å². The fraction of sp³-hybridized carbons (Fsp3) is 0.556. The van der Waals surface area contributed by atoms with E-state index in [0.717, 1.165) is 6.42 Å². The molecule has 0 saturated heterocycles. The van der Waals surface area contributed by atoms with E-state index in [1.165, 1.54) is 41.5 Å². The van der Waals surface area contributed by atoms with Gasteiger partial charge in [-0.15, -0.1) is 0 Å². The second kappa shape index (κ2) is 9.66. The molecule has 0 saturated carbocycles. The average Bonchev–Trinajstić information content (AvgIpc) is 2.40.